The molecule has 1 aromatic rings. The molecule has 17 heavy (non-hydrogen) atoms. The van der Waals surface area contributed by atoms with Crippen LogP contribution in [0, 0.1) is 0 Å². The van der Waals surface area contributed by atoms with Crippen LogP contribution in [0.25, 0.3) is 0 Å². The predicted octanol–water partition coefficient (Wildman–Crippen LogP) is 1.56. The van der Waals surface area contributed by atoms with E-state index in [1.165, 1.54) is 6.33 Å². The minimum atomic E-state index is -0.0703. The van der Waals surface area contributed by atoms with Gasteiger partial charge in [0.1, 0.15) is 17.8 Å². The lowest BCUT2D eigenvalue weighted by Gasteiger charge is -2.18. The molecule has 1 N–H and O–H groups in total. The number of carbonyl (C=O) groups is 1. The van der Waals surface area contributed by atoms with Gasteiger partial charge in [-0.2, -0.15) is 0 Å². The van der Waals surface area contributed by atoms with Crippen LogP contribution in [0.4, 0.5) is 5.82 Å². The Kier molecular flexibility index (Phi) is 5.13. The minimum absolute atomic E-state index is 0.0703. The van der Waals surface area contributed by atoms with Gasteiger partial charge in [-0.15, -0.1) is 6.58 Å². The number of aromatic nitrogens is 2. The Labute approximate surface area is 102 Å². The fraction of sp³-hybridized carbons (Fsp3) is 0.417. The van der Waals surface area contributed by atoms with Crippen molar-refractivity contribution in [3.63, 3.8) is 0 Å². The minimum Gasteiger partial charge on any atom is -0.366 e. The lowest BCUT2D eigenvalue weighted by molar-refractivity contribution is 0.0767. The second-order valence-electron chi connectivity index (χ2n) is 3.44. The third-order valence-electron chi connectivity index (χ3n) is 2.36. The molecule has 1 heterocycles. The highest BCUT2D eigenvalue weighted by atomic mass is 16.2. The van der Waals surface area contributed by atoms with E-state index in [9.17, 15) is 4.79 Å². The van der Waals surface area contributed by atoms with Crippen LogP contribution in [-0.4, -0.2) is 40.4 Å². The van der Waals surface area contributed by atoms with Crippen molar-refractivity contribution in [3.8, 4) is 0 Å². The van der Waals surface area contributed by atoms with Crippen molar-refractivity contribution in [1.29, 1.82) is 0 Å². The van der Waals surface area contributed by atoms with Gasteiger partial charge >= 0.3 is 0 Å². The van der Waals surface area contributed by atoms with Crippen LogP contribution < -0.4 is 5.32 Å². The van der Waals surface area contributed by atoms with Crippen LogP contribution in [-0.2, 0) is 0 Å². The van der Waals surface area contributed by atoms with Crippen LogP contribution in [0.2, 0.25) is 0 Å². The van der Waals surface area contributed by atoms with E-state index in [0.717, 1.165) is 0 Å². The van der Waals surface area contributed by atoms with Crippen LogP contribution >= 0.6 is 0 Å². The molecule has 92 valence electrons. The number of hydrogen-bond donors (Lipinski definition) is 1. The molecule has 1 rings (SSSR count). The number of rotatable bonds is 6. The molecule has 0 radical (unpaired) electrons. The van der Waals surface area contributed by atoms with Crippen molar-refractivity contribution in [2.45, 2.75) is 13.8 Å². The van der Waals surface area contributed by atoms with Gasteiger partial charge in [-0.25, -0.2) is 9.97 Å². The molecule has 0 aliphatic rings. The molecule has 0 saturated heterocycles. The van der Waals surface area contributed by atoms with Crippen LogP contribution in [0.1, 0.15) is 24.3 Å². The van der Waals surface area contributed by atoms with E-state index in [2.05, 4.69) is 21.9 Å². The molecule has 0 bridgehead atoms. The first-order chi connectivity index (χ1) is 8.22. The van der Waals surface area contributed by atoms with Crippen molar-refractivity contribution < 1.29 is 4.79 Å². The fourth-order valence-electron chi connectivity index (χ4n) is 1.42. The molecule has 0 fully saturated rings. The largest absolute Gasteiger partial charge is 0.366 e. The van der Waals surface area contributed by atoms with Gasteiger partial charge in [0.05, 0.1) is 0 Å². The summed E-state index contributed by atoms with van der Waals surface area (Å²) in [5, 5.41) is 3.02. The highest BCUT2D eigenvalue weighted by Crippen LogP contribution is 2.06. The second kappa shape index (κ2) is 6.62. The van der Waals surface area contributed by atoms with Gasteiger partial charge < -0.3 is 10.2 Å². The van der Waals surface area contributed by atoms with Crippen LogP contribution in [0.5, 0.6) is 0 Å². The van der Waals surface area contributed by atoms with Gasteiger partial charge in [0.15, 0.2) is 0 Å². The standard InChI is InChI=1S/C12H18N4O/c1-4-7-13-11-8-10(14-9-15-11)12(17)16(5-2)6-3/h4,8-9H,1,5-7H2,2-3H3,(H,13,14,15). The first kappa shape index (κ1) is 13.2. The highest BCUT2D eigenvalue weighted by molar-refractivity contribution is 5.92. The van der Waals surface area contributed by atoms with Gasteiger partial charge in [-0.1, -0.05) is 6.08 Å². The average Bonchev–Trinajstić information content (AvgIpc) is 2.38. The molecule has 0 aromatic carbocycles. The number of hydrogen-bond acceptors (Lipinski definition) is 4. The first-order valence-corrected chi connectivity index (χ1v) is 5.69. The predicted molar refractivity (Wildman–Crippen MR) is 68.0 cm³/mol. The number of carbonyl (C=O) groups excluding carboxylic acids is 1. The Bertz CT molecular complexity index is 388. The Morgan fingerprint density at radius 2 is 2.18 bits per heavy atom. The van der Waals surface area contributed by atoms with E-state index in [-0.39, 0.29) is 5.91 Å². The van der Waals surface area contributed by atoms with Crippen molar-refractivity contribution in [2.75, 3.05) is 25.0 Å². The van der Waals surface area contributed by atoms with E-state index in [0.29, 0.717) is 31.1 Å². The molecule has 0 saturated carbocycles. The zero-order valence-corrected chi connectivity index (χ0v) is 10.3. The van der Waals surface area contributed by atoms with Gasteiger partial charge in [0.2, 0.25) is 0 Å². The Morgan fingerprint density at radius 1 is 1.47 bits per heavy atom. The maximum atomic E-state index is 12.0. The van der Waals surface area contributed by atoms with Crippen molar-refractivity contribution in [1.82, 2.24) is 14.9 Å². The molecule has 0 aliphatic carbocycles. The van der Waals surface area contributed by atoms with Gasteiger partial charge in [0.25, 0.3) is 5.91 Å². The van der Waals surface area contributed by atoms with Crippen LogP contribution in [0.15, 0.2) is 25.0 Å². The maximum Gasteiger partial charge on any atom is 0.272 e. The molecule has 1 amide bonds. The monoisotopic (exact) mass is 234 g/mol. The molecule has 5 heteroatoms. The summed E-state index contributed by atoms with van der Waals surface area (Å²) < 4.78 is 0. The van der Waals surface area contributed by atoms with E-state index < -0.39 is 0 Å². The summed E-state index contributed by atoms with van der Waals surface area (Å²) in [5.74, 6) is 0.564. The topological polar surface area (TPSA) is 58.1 Å². The van der Waals surface area contributed by atoms with Gasteiger partial charge in [0, 0.05) is 25.7 Å². The molecular weight excluding hydrogens is 216 g/mol. The number of nitrogens with one attached hydrogen (secondary N) is 1. The third kappa shape index (κ3) is 3.55. The average molecular weight is 234 g/mol. The summed E-state index contributed by atoms with van der Waals surface area (Å²) in [4.78, 5) is 21.8. The first-order valence-electron chi connectivity index (χ1n) is 5.69. The quantitative estimate of drug-likeness (QED) is 0.759. The van der Waals surface area contributed by atoms with E-state index in [1.807, 2.05) is 13.8 Å². The van der Waals surface area contributed by atoms with E-state index >= 15 is 0 Å². The zero-order chi connectivity index (χ0) is 12.7. The SMILES string of the molecule is C=CCNc1cc(C(=O)N(CC)CC)ncn1. The fourth-order valence-corrected chi connectivity index (χ4v) is 1.42. The van der Waals surface area contributed by atoms with E-state index in [4.69, 9.17) is 0 Å². The number of amides is 1. The van der Waals surface area contributed by atoms with Crippen LogP contribution in [0.3, 0.4) is 0 Å². The lowest BCUT2D eigenvalue weighted by atomic mass is 10.3. The molecule has 0 spiro atoms. The van der Waals surface area contributed by atoms with Gasteiger partial charge in [-0.3, -0.25) is 4.79 Å². The summed E-state index contributed by atoms with van der Waals surface area (Å²) in [6.45, 7) is 9.45. The smallest absolute Gasteiger partial charge is 0.272 e. The Hall–Kier alpha value is -1.91. The Balaban J connectivity index is 2.83. The summed E-state index contributed by atoms with van der Waals surface area (Å²) in [6.07, 6.45) is 3.12. The van der Waals surface area contributed by atoms with Gasteiger partial charge in [-0.05, 0) is 13.8 Å². The summed E-state index contributed by atoms with van der Waals surface area (Å²) in [5.41, 5.74) is 0.412. The molecule has 5 nitrogen and oxygen atoms in total. The van der Waals surface area contributed by atoms with E-state index in [1.54, 1.807) is 17.0 Å². The zero-order valence-electron chi connectivity index (χ0n) is 10.3. The maximum absolute atomic E-state index is 12.0. The summed E-state index contributed by atoms with van der Waals surface area (Å²) in [7, 11) is 0. The molecule has 0 aliphatic heterocycles. The lowest BCUT2D eigenvalue weighted by Crippen LogP contribution is -2.31. The second-order valence-corrected chi connectivity index (χ2v) is 3.44. The molecule has 1 aromatic heterocycles. The molecule has 0 atom stereocenters. The third-order valence-corrected chi connectivity index (χ3v) is 2.36. The Morgan fingerprint density at radius 3 is 2.76 bits per heavy atom. The molecule has 0 unspecified atom stereocenters. The number of anilines is 1. The van der Waals surface area contributed by atoms with Crippen molar-refractivity contribution in [3.05, 3.63) is 30.7 Å². The summed E-state index contributed by atoms with van der Waals surface area (Å²) >= 11 is 0. The van der Waals surface area contributed by atoms with Crippen molar-refractivity contribution in [2.24, 2.45) is 0 Å². The van der Waals surface area contributed by atoms with Crippen molar-refractivity contribution >= 4 is 11.7 Å². The summed E-state index contributed by atoms with van der Waals surface area (Å²) in [6, 6.07) is 1.66. The normalized spacial score (nSPS) is 9.76. The number of nitrogens with zero attached hydrogens (tertiary/aromatic N) is 3. The highest BCUT2D eigenvalue weighted by Gasteiger charge is 2.14. The molecular formula is C12H18N4O.